The number of likely N-dealkylation sites (N-methyl/N-ethyl adjacent to an activating group) is 1. The number of hydrogen-bond acceptors (Lipinski definition) is 4. The number of anilines is 1. The summed E-state index contributed by atoms with van der Waals surface area (Å²) in [7, 11) is -0.470. The monoisotopic (exact) mass is 388 g/mol. The molecule has 0 atom stereocenters. The predicted octanol–water partition coefficient (Wildman–Crippen LogP) is 3.34. The van der Waals surface area contributed by atoms with Crippen molar-refractivity contribution in [1.29, 1.82) is 0 Å². The molecule has 0 bridgehead atoms. The van der Waals surface area contributed by atoms with Gasteiger partial charge < -0.3 is 9.64 Å². The molecular formula is C17H19F3N2O3S. The fraction of sp³-hybridized carbons (Fsp3) is 0.294. The summed E-state index contributed by atoms with van der Waals surface area (Å²) in [5, 5.41) is 0. The van der Waals surface area contributed by atoms with Crippen molar-refractivity contribution in [2.45, 2.75) is 11.3 Å². The number of sulfonamides is 1. The summed E-state index contributed by atoms with van der Waals surface area (Å²) in [4.78, 5) is 1.54. The van der Waals surface area contributed by atoms with Crippen LogP contribution in [0.5, 0.6) is 5.75 Å². The van der Waals surface area contributed by atoms with Crippen LogP contribution in [0, 0.1) is 0 Å². The molecule has 0 aliphatic heterocycles. The van der Waals surface area contributed by atoms with Gasteiger partial charge in [-0.05, 0) is 38.4 Å². The van der Waals surface area contributed by atoms with Crippen LogP contribution in [0.15, 0.2) is 59.5 Å². The number of nitrogens with zero attached hydrogens (tertiary/aromatic N) is 2. The maximum Gasteiger partial charge on any atom is 0.573 e. The Morgan fingerprint density at radius 2 is 1.62 bits per heavy atom. The van der Waals surface area contributed by atoms with Crippen LogP contribution in [0.25, 0.3) is 0 Å². The van der Waals surface area contributed by atoms with Crippen molar-refractivity contribution in [1.82, 2.24) is 4.90 Å². The highest BCUT2D eigenvalue weighted by atomic mass is 32.2. The zero-order chi connectivity index (χ0) is 19.4. The summed E-state index contributed by atoms with van der Waals surface area (Å²) in [6, 6.07) is 12.8. The van der Waals surface area contributed by atoms with Crippen LogP contribution in [0.3, 0.4) is 0 Å². The molecule has 0 fully saturated rings. The van der Waals surface area contributed by atoms with Crippen molar-refractivity contribution in [3.63, 3.8) is 0 Å². The molecule has 2 rings (SSSR count). The van der Waals surface area contributed by atoms with E-state index in [1.54, 1.807) is 44.4 Å². The molecule has 2 aromatic rings. The molecule has 0 aromatic heterocycles. The van der Waals surface area contributed by atoms with Gasteiger partial charge in [-0.25, -0.2) is 8.42 Å². The van der Waals surface area contributed by atoms with E-state index in [0.29, 0.717) is 12.2 Å². The van der Waals surface area contributed by atoms with E-state index in [1.165, 1.54) is 16.4 Å². The summed E-state index contributed by atoms with van der Waals surface area (Å²) in [6.45, 7) is 0.580. The van der Waals surface area contributed by atoms with Gasteiger partial charge in [0.1, 0.15) is 5.75 Å². The average molecular weight is 388 g/mol. The lowest BCUT2D eigenvalue weighted by Crippen LogP contribution is -2.36. The van der Waals surface area contributed by atoms with Gasteiger partial charge in [0.05, 0.1) is 10.6 Å². The molecule has 0 aliphatic carbocycles. The first-order valence-corrected chi connectivity index (χ1v) is 9.12. The zero-order valence-corrected chi connectivity index (χ0v) is 15.1. The van der Waals surface area contributed by atoms with E-state index in [9.17, 15) is 21.6 Å². The van der Waals surface area contributed by atoms with Gasteiger partial charge in [0.2, 0.25) is 0 Å². The minimum atomic E-state index is -4.90. The maximum atomic E-state index is 13.0. The van der Waals surface area contributed by atoms with Crippen LogP contribution in [0.4, 0.5) is 18.9 Å². The second kappa shape index (κ2) is 7.96. The molecule has 0 aliphatic rings. The minimum Gasteiger partial charge on any atom is -0.406 e. The summed E-state index contributed by atoms with van der Waals surface area (Å²) in [6.07, 6.45) is -4.90. The zero-order valence-electron chi connectivity index (χ0n) is 14.3. The van der Waals surface area contributed by atoms with Crippen molar-refractivity contribution >= 4 is 15.7 Å². The van der Waals surface area contributed by atoms with Crippen LogP contribution in [-0.4, -0.2) is 46.9 Å². The number of benzene rings is 2. The Morgan fingerprint density at radius 1 is 0.962 bits per heavy atom. The molecule has 142 valence electrons. The fourth-order valence-electron chi connectivity index (χ4n) is 2.23. The normalized spacial score (nSPS) is 12.2. The fourth-order valence-corrected chi connectivity index (χ4v) is 3.72. The van der Waals surface area contributed by atoms with Gasteiger partial charge in [0, 0.05) is 19.2 Å². The van der Waals surface area contributed by atoms with Crippen molar-refractivity contribution in [3.8, 4) is 5.75 Å². The number of halogens is 3. The van der Waals surface area contributed by atoms with Gasteiger partial charge in [0.15, 0.2) is 0 Å². The molecule has 26 heavy (non-hydrogen) atoms. The second-order valence-corrected chi connectivity index (χ2v) is 7.60. The maximum absolute atomic E-state index is 13.0. The van der Waals surface area contributed by atoms with Crippen LogP contribution < -0.4 is 9.04 Å². The number of ether oxygens (including phenoxy) is 1. The van der Waals surface area contributed by atoms with Gasteiger partial charge in [-0.1, -0.05) is 24.3 Å². The third kappa shape index (κ3) is 5.37. The minimum absolute atomic E-state index is 0.143. The quantitative estimate of drug-likeness (QED) is 0.730. The summed E-state index contributed by atoms with van der Waals surface area (Å²) >= 11 is 0. The Balaban J connectivity index is 2.41. The highest BCUT2D eigenvalue weighted by molar-refractivity contribution is 7.92. The number of para-hydroxylation sites is 1. The van der Waals surface area contributed by atoms with Crippen molar-refractivity contribution in [2.24, 2.45) is 0 Å². The number of hydrogen-bond donors (Lipinski definition) is 0. The van der Waals surface area contributed by atoms with E-state index in [-0.39, 0.29) is 11.4 Å². The summed E-state index contributed by atoms with van der Waals surface area (Å²) in [5.74, 6) is -0.584. The molecule has 0 heterocycles. The van der Waals surface area contributed by atoms with E-state index in [0.717, 1.165) is 12.1 Å². The second-order valence-electron chi connectivity index (χ2n) is 5.74. The molecule has 5 nitrogen and oxygen atoms in total. The first kappa shape index (κ1) is 20.1. The van der Waals surface area contributed by atoms with Crippen molar-refractivity contribution in [3.05, 3.63) is 54.6 Å². The first-order valence-electron chi connectivity index (χ1n) is 7.68. The lowest BCUT2D eigenvalue weighted by molar-refractivity contribution is -0.274. The van der Waals surface area contributed by atoms with Crippen LogP contribution in [-0.2, 0) is 10.0 Å². The standard InChI is InChI=1S/C17H19F3N2O3S/c1-21(2)11-12-22(14-7-4-3-5-8-14)26(23,24)16-10-6-9-15(13-16)25-17(18,19)20/h3-10,13H,11-12H2,1-2H3. The summed E-state index contributed by atoms with van der Waals surface area (Å²) in [5.41, 5.74) is 0.427. The summed E-state index contributed by atoms with van der Waals surface area (Å²) < 4.78 is 68.3. The Kier molecular flexibility index (Phi) is 6.14. The largest absolute Gasteiger partial charge is 0.573 e. The predicted molar refractivity (Wildman–Crippen MR) is 92.7 cm³/mol. The first-order chi connectivity index (χ1) is 12.1. The van der Waals surface area contributed by atoms with Gasteiger partial charge in [-0.15, -0.1) is 13.2 Å². The van der Waals surface area contributed by atoms with Crippen molar-refractivity contribution < 1.29 is 26.3 Å². The Bertz CT molecular complexity index is 825. The van der Waals surface area contributed by atoms with Crippen LogP contribution >= 0.6 is 0 Å². The van der Waals surface area contributed by atoms with Gasteiger partial charge >= 0.3 is 6.36 Å². The number of alkyl halides is 3. The van der Waals surface area contributed by atoms with Gasteiger partial charge in [-0.3, -0.25) is 4.31 Å². The Labute approximate surface area is 150 Å². The molecule has 0 saturated heterocycles. The van der Waals surface area contributed by atoms with E-state index >= 15 is 0 Å². The van der Waals surface area contributed by atoms with Crippen LogP contribution in [0.1, 0.15) is 0 Å². The lowest BCUT2D eigenvalue weighted by atomic mass is 10.3. The third-order valence-corrected chi connectivity index (χ3v) is 5.24. The topological polar surface area (TPSA) is 49.9 Å². The van der Waals surface area contributed by atoms with Gasteiger partial charge in [-0.2, -0.15) is 0 Å². The molecular weight excluding hydrogens is 369 g/mol. The molecule has 0 amide bonds. The molecule has 0 radical (unpaired) electrons. The Hall–Kier alpha value is -2.26. The molecule has 0 spiro atoms. The van der Waals surface area contributed by atoms with E-state index in [4.69, 9.17) is 0 Å². The third-order valence-electron chi connectivity index (χ3n) is 3.42. The molecule has 0 unspecified atom stereocenters. The average Bonchev–Trinajstić information content (AvgIpc) is 2.54. The molecule has 2 aromatic carbocycles. The highest BCUT2D eigenvalue weighted by Gasteiger charge is 2.32. The highest BCUT2D eigenvalue weighted by Crippen LogP contribution is 2.28. The SMILES string of the molecule is CN(C)CCN(c1ccccc1)S(=O)(=O)c1cccc(OC(F)(F)F)c1. The smallest absolute Gasteiger partial charge is 0.406 e. The van der Waals surface area contributed by atoms with Crippen molar-refractivity contribution in [2.75, 3.05) is 31.5 Å². The number of rotatable bonds is 7. The van der Waals surface area contributed by atoms with Crippen LogP contribution in [0.2, 0.25) is 0 Å². The molecule has 9 heteroatoms. The lowest BCUT2D eigenvalue weighted by Gasteiger charge is -2.26. The van der Waals surface area contributed by atoms with E-state index in [1.807, 2.05) is 4.90 Å². The molecule has 0 saturated carbocycles. The van der Waals surface area contributed by atoms with E-state index in [2.05, 4.69) is 4.74 Å². The van der Waals surface area contributed by atoms with E-state index < -0.39 is 22.1 Å². The van der Waals surface area contributed by atoms with Gasteiger partial charge in [0.25, 0.3) is 10.0 Å². The molecule has 0 N–H and O–H groups in total. The Morgan fingerprint density at radius 3 is 2.19 bits per heavy atom.